The zero-order valence-corrected chi connectivity index (χ0v) is 15.3. The minimum absolute atomic E-state index is 0.0231. The first-order valence-electron chi connectivity index (χ1n) is 8.43. The molecular weight excluding hydrogens is 331 g/mol. The highest BCUT2D eigenvalue weighted by molar-refractivity contribution is 6.33. The number of carbonyl (C=O) groups is 2. The lowest BCUT2D eigenvalue weighted by atomic mass is 10.0. The summed E-state index contributed by atoms with van der Waals surface area (Å²) >= 11 is 5.85. The van der Waals surface area contributed by atoms with Gasteiger partial charge in [-0.05, 0) is 31.0 Å². The van der Waals surface area contributed by atoms with Crippen molar-refractivity contribution in [2.75, 3.05) is 19.6 Å². The minimum Gasteiger partial charge on any atom is -0.351 e. The highest BCUT2D eigenvalue weighted by Gasteiger charge is 2.16. The summed E-state index contributed by atoms with van der Waals surface area (Å²) < 4.78 is 13.0. The van der Waals surface area contributed by atoms with E-state index < -0.39 is 11.7 Å². The molecule has 0 saturated heterocycles. The molecule has 1 N–H and O–H groups in total. The fourth-order valence-corrected chi connectivity index (χ4v) is 2.73. The van der Waals surface area contributed by atoms with Gasteiger partial charge in [0.2, 0.25) is 5.91 Å². The molecule has 0 aromatic heterocycles. The van der Waals surface area contributed by atoms with E-state index in [0.717, 1.165) is 25.5 Å². The maximum Gasteiger partial charge on any atom is 0.252 e. The molecule has 0 radical (unpaired) electrons. The number of hydrogen-bond acceptors (Lipinski definition) is 2. The molecule has 0 aliphatic carbocycles. The molecule has 0 aliphatic heterocycles. The van der Waals surface area contributed by atoms with Crippen molar-refractivity contribution in [3.63, 3.8) is 0 Å². The van der Waals surface area contributed by atoms with Crippen LogP contribution in [0, 0.1) is 11.7 Å². The molecule has 6 heteroatoms. The molecule has 0 spiro atoms. The maximum atomic E-state index is 13.0. The Bertz CT molecular complexity index is 562. The van der Waals surface area contributed by atoms with Crippen LogP contribution in [-0.4, -0.2) is 36.3 Å². The molecule has 0 unspecified atom stereocenters. The Kier molecular flexibility index (Phi) is 8.76. The van der Waals surface area contributed by atoms with Crippen LogP contribution in [0.4, 0.5) is 4.39 Å². The van der Waals surface area contributed by atoms with Crippen LogP contribution < -0.4 is 5.32 Å². The summed E-state index contributed by atoms with van der Waals surface area (Å²) in [4.78, 5) is 26.1. The average Bonchev–Trinajstić information content (AvgIpc) is 2.55. The molecule has 0 saturated carbocycles. The van der Waals surface area contributed by atoms with Gasteiger partial charge in [-0.1, -0.05) is 38.3 Å². The Morgan fingerprint density at radius 3 is 2.46 bits per heavy atom. The number of carbonyl (C=O) groups excluding carboxylic acids is 2. The first-order chi connectivity index (χ1) is 11.4. The van der Waals surface area contributed by atoms with E-state index in [1.54, 1.807) is 0 Å². The summed E-state index contributed by atoms with van der Waals surface area (Å²) in [7, 11) is 0. The summed E-state index contributed by atoms with van der Waals surface area (Å²) in [5.74, 6) is -0.376. The van der Waals surface area contributed by atoms with Crippen LogP contribution >= 0.6 is 11.6 Å². The summed E-state index contributed by atoms with van der Waals surface area (Å²) in [6, 6.07) is 3.61. The van der Waals surface area contributed by atoms with E-state index >= 15 is 0 Å². The van der Waals surface area contributed by atoms with Crippen LogP contribution in [0.25, 0.3) is 0 Å². The van der Waals surface area contributed by atoms with E-state index in [1.165, 1.54) is 12.1 Å². The quantitative estimate of drug-likeness (QED) is 0.729. The van der Waals surface area contributed by atoms with E-state index in [-0.39, 0.29) is 29.5 Å². The van der Waals surface area contributed by atoms with Crippen LogP contribution in [-0.2, 0) is 4.79 Å². The standard InChI is InChI=1S/C18H26ClFN2O2/c1-4-13(5-2)12-22(6-3)17(23)9-10-21-18(24)15-8-7-14(20)11-16(15)19/h7-8,11,13H,4-6,9-10,12H2,1-3H3,(H,21,24). The molecule has 24 heavy (non-hydrogen) atoms. The van der Waals surface area contributed by atoms with Gasteiger partial charge < -0.3 is 10.2 Å². The average molecular weight is 357 g/mol. The van der Waals surface area contributed by atoms with Crippen LogP contribution in [0.1, 0.15) is 50.4 Å². The Balaban J connectivity index is 2.50. The molecule has 1 aromatic rings. The highest BCUT2D eigenvalue weighted by atomic mass is 35.5. The van der Waals surface area contributed by atoms with Gasteiger partial charge in [-0.15, -0.1) is 0 Å². The molecule has 0 fully saturated rings. The van der Waals surface area contributed by atoms with E-state index in [2.05, 4.69) is 19.2 Å². The Morgan fingerprint density at radius 1 is 1.25 bits per heavy atom. The predicted octanol–water partition coefficient (Wildman–Crippen LogP) is 3.88. The number of halogens is 2. The van der Waals surface area contributed by atoms with E-state index in [1.807, 2.05) is 11.8 Å². The fourth-order valence-electron chi connectivity index (χ4n) is 2.48. The van der Waals surface area contributed by atoms with Crippen molar-refractivity contribution in [1.82, 2.24) is 10.2 Å². The lowest BCUT2D eigenvalue weighted by Crippen LogP contribution is -2.37. The zero-order chi connectivity index (χ0) is 18.1. The second-order valence-electron chi connectivity index (χ2n) is 5.74. The summed E-state index contributed by atoms with van der Waals surface area (Å²) in [5, 5.41) is 2.72. The largest absolute Gasteiger partial charge is 0.351 e. The molecular formula is C18H26ClFN2O2. The summed E-state index contributed by atoms with van der Waals surface area (Å²) in [5.41, 5.74) is 0.204. The number of rotatable bonds is 9. The lowest BCUT2D eigenvalue weighted by Gasteiger charge is -2.25. The van der Waals surface area contributed by atoms with Gasteiger partial charge in [0.15, 0.2) is 0 Å². The van der Waals surface area contributed by atoms with Gasteiger partial charge in [-0.3, -0.25) is 9.59 Å². The summed E-state index contributed by atoms with van der Waals surface area (Å²) in [6.07, 6.45) is 2.32. The minimum atomic E-state index is -0.494. The third kappa shape index (κ3) is 6.11. The van der Waals surface area contributed by atoms with Gasteiger partial charge in [0.05, 0.1) is 10.6 Å². The zero-order valence-electron chi connectivity index (χ0n) is 14.6. The van der Waals surface area contributed by atoms with Gasteiger partial charge in [-0.25, -0.2) is 4.39 Å². The van der Waals surface area contributed by atoms with Crippen molar-refractivity contribution in [3.8, 4) is 0 Å². The molecule has 2 amide bonds. The fraction of sp³-hybridized carbons (Fsp3) is 0.556. The van der Waals surface area contributed by atoms with E-state index in [4.69, 9.17) is 11.6 Å². The third-order valence-electron chi connectivity index (χ3n) is 4.17. The van der Waals surface area contributed by atoms with Gasteiger partial charge in [0.1, 0.15) is 5.82 Å². The van der Waals surface area contributed by atoms with Gasteiger partial charge in [0.25, 0.3) is 5.91 Å². The lowest BCUT2D eigenvalue weighted by molar-refractivity contribution is -0.131. The molecule has 4 nitrogen and oxygen atoms in total. The first-order valence-corrected chi connectivity index (χ1v) is 8.81. The van der Waals surface area contributed by atoms with Crippen LogP contribution in [0.5, 0.6) is 0 Å². The number of amides is 2. The van der Waals surface area contributed by atoms with Gasteiger partial charge in [-0.2, -0.15) is 0 Å². The molecule has 0 aliphatic rings. The SMILES string of the molecule is CCC(CC)CN(CC)C(=O)CCNC(=O)c1ccc(F)cc1Cl. The van der Waals surface area contributed by atoms with Crippen molar-refractivity contribution in [1.29, 1.82) is 0 Å². The smallest absolute Gasteiger partial charge is 0.252 e. The highest BCUT2D eigenvalue weighted by Crippen LogP contribution is 2.17. The van der Waals surface area contributed by atoms with Gasteiger partial charge >= 0.3 is 0 Å². The number of nitrogens with zero attached hydrogens (tertiary/aromatic N) is 1. The second-order valence-corrected chi connectivity index (χ2v) is 6.15. The third-order valence-corrected chi connectivity index (χ3v) is 4.48. The van der Waals surface area contributed by atoms with Gasteiger partial charge in [0, 0.05) is 26.1 Å². The number of benzene rings is 1. The van der Waals surface area contributed by atoms with Crippen LogP contribution in [0.3, 0.4) is 0 Å². The van der Waals surface area contributed by atoms with Crippen molar-refractivity contribution in [2.24, 2.45) is 5.92 Å². The Hall–Kier alpha value is -1.62. The molecule has 0 heterocycles. The first kappa shape index (κ1) is 20.4. The Morgan fingerprint density at radius 2 is 1.92 bits per heavy atom. The Labute approximate surface area is 148 Å². The molecule has 1 aromatic carbocycles. The molecule has 0 atom stereocenters. The molecule has 0 bridgehead atoms. The topological polar surface area (TPSA) is 49.4 Å². The number of hydrogen-bond donors (Lipinski definition) is 1. The molecule has 134 valence electrons. The van der Waals surface area contributed by atoms with Crippen molar-refractivity contribution >= 4 is 23.4 Å². The monoisotopic (exact) mass is 356 g/mol. The van der Waals surface area contributed by atoms with E-state index in [0.29, 0.717) is 12.5 Å². The van der Waals surface area contributed by atoms with Crippen molar-refractivity contribution in [2.45, 2.75) is 40.0 Å². The van der Waals surface area contributed by atoms with E-state index in [9.17, 15) is 14.0 Å². The van der Waals surface area contributed by atoms with Crippen molar-refractivity contribution in [3.05, 3.63) is 34.6 Å². The maximum absolute atomic E-state index is 13.0. The number of nitrogens with one attached hydrogen (secondary N) is 1. The van der Waals surface area contributed by atoms with Crippen LogP contribution in [0.2, 0.25) is 5.02 Å². The van der Waals surface area contributed by atoms with Crippen LogP contribution in [0.15, 0.2) is 18.2 Å². The summed E-state index contributed by atoms with van der Waals surface area (Å²) in [6.45, 7) is 7.84. The molecule has 1 rings (SSSR count). The normalized spacial score (nSPS) is 10.8. The second kappa shape index (κ2) is 10.3. The van der Waals surface area contributed by atoms with Crippen molar-refractivity contribution < 1.29 is 14.0 Å². The predicted molar refractivity (Wildman–Crippen MR) is 94.7 cm³/mol.